The Morgan fingerprint density at radius 2 is 1.74 bits per heavy atom. The number of ketones is 1. The number of rotatable bonds is 6. The molecule has 0 radical (unpaired) electrons. The normalized spacial score (nSPS) is 17.2. The van der Waals surface area contributed by atoms with Gasteiger partial charge in [0.2, 0.25) is 0 Å². The molecule has 0 fully saturated rings. The summed E-state index contributed by atoms with van der Waals surface area (Å²) in [7, 11) is 1.62. The number of benzene rings is 3. The van der Waals surface area contributed by atoms with Crippen LogP contribution in [0.3, 0.4) is 0 Å². The van der Waals surface area contributed by atoms with Gasteiger partial charge in [0.25, 0.3) is 0 Å². The average Bonchev–Trinajstić information content (AvgIpc) is 2.94. The molecule has 198 valence electrons. The van der Waals surface area contributed by atoms with Gasteiger partial charge in [0.05, 0.1) is 24.7 Å². The van der Waals surface area contributed by atoms with Crippen LogP contribution in [0.5, 0.6) is 11.5 Å². The van der Waals surface area contributed by atoms with Crippen LogP contribution in [-0.4, -0.2) is 12.9 Å². The van der Waals surface area contributed by atoms with E-state index in [2.05, 4.69) is 12.1 Å². The van der Waals surface area contributed by atoms with Crippen molar-refractivity contribution in [2.75, 3.05) is 12.0 Å². The van der Waals surface area contributed by atoms with Crippen molar-refractivity contribution in [2.45, 2.75) is 45.6 Å². The summed E-state index contributed by atoms with van der Waals surface area (Å²) < 4.78 is 25.0. The van der Waals surface area contributed by atoms with Gasteiger partial charge in [0.1, 0.15) is 29.7 Å². The third-order valence-corrected chi connectivity index (χ3v) is 7.46. The van der Waals surface area contributed by atoms with Gasteiger partial charge in [-0.1, -0.05) is 17.7 Å². The zero-order valence-electron chi connectivity index (χ0n) is 22.3. The Bertz CT molecular complexity index is 1530. The number of Topliss-reactive ketones (excluding diaryl/α,β-unsaturated/α-hetero) is 1. The molecule has 0 aromatic heterocycles. The Hall–Kier alpha value is -4.57. The lowest BCUT2D eigenvalue weighted by Crippen LogP contribution is -2.39. The largest absolute Gasteiger partial charge is 0.497 e. The molecule has 3 aromatic rings. The van der Waals surface area contributed by atoms with E-state index >= 15 is 0 Å². The number of hydrogen-bond acceptors (Lipinski definition) is 6. The number of halogens is 1. The summed E-state index contributed by atoms with van der Waals surface area (Å²) in [5.41, 5.74) is 12.7. The molecule has 1 aliphatic carbocycles. The topological polar surface area (TPSA) is 88.6 Å². The van der Waals surface area contributed by atoms with E-state index in [1.807, 2.05) is 44.2 Å². The quantitative estimate of drug-likeness (QED) is 0.406. The Balaban J connectivity index is 1.60. The van der Waals surface area contributed by atoms with E-state index in [4.69, 9.17) is 15.2 Å². The van der Waals surface area contributed by atoms with E-state index in [1.54, 1.807) is 24.1 Å². The third kappa shape index (κ3) is 4.86. The molecule has 1 aliphatic heterocycles. The molecule has 7 heteroatoms. The predicted molar refractivity (Wildman–Crippen MR) is 148 cm³/mol. The minimum atomic E-state index is -0.589. The van der Waals surface area contributed by atoms with Gasteiger partial charge in [0, 0.05) is 23.4 Å². The van der Waals surface area contributed by atoms with Gasteiger partial charge in [-0.2, -0.15) is 5.26 Å². The summed E-state index contributed by atoms with van der Waals surface area (Å²) in [4.78, 5) is 15.3. The van der Waals surface area contributed by atoms with Gasteiger partial charge in [0.15, 0.2) is 5.78 Å². The predicted octanol–water partition coefficient (Wildman–Crippen LogP) is 6.33. The first kappa shape index (κ1) is 26.1. The summed E-state index contributed by atoms with van der Waals surface area (Å²) in [6.07, 6.45) is 1.72. The maximum absolute atomic E-state index is 13.7. The number of hydrogen-bond donors (Lipinski definition) is 1. The molecule has 0 amide bonds. The maximum Gasteiger partial charge on any atom is 0.161 e. The van der Waals surface area contributed by atoms with Gasteiger partial charge >= 0.3 is 0 Å². The Morgan fingerprint density at radius 3 is 2.41 bits per heavy atom. The smallest absolute Gasteiger partial charge is 0.161 e. The van der Waals surface area contributed by atoms with Gasteiger partial charge in [-0.15, -0.1) is 0 Å². The second-order valence-electron chi connectivity index (χ2n) is 9.90. The minimum absolute atomic E-state index is 0.00514. The van der Waals surface area contributed by atoms with Crippen molar-refractivity contribution >= 4 is 11.5 Å². The van der Waals surface area contributed by atoms with Crippen LogP contribution in [0.15, 0.2) is 83.3 Å². The van der Waals surface area contributed by atoms with Crippen molar-refractivity contribution < 1.29 is 18.7 Å². The standard InChI is InChI=1S/C32H30FN3O3/c1-19-15-21(18-39-25-13-11-24(38-3)12-14-25)20(2)26(16-19)30-27(17-34)32(35)36(23-9-7-22(33)8-10-23)28-5-4-6-29(37)31(28)30/h7-16,30H,4-6,18,35H2,1-3H3. The van der Waals surface area contributed by atoms with Crippen molar-refractivity contribution in [3.05, 3.63) is 111 Å². The molecule has 5 rings (SSSR count). The van der Waals surface area contributed by atoms with Crippen molar-refractivity contribution in [2.24, 2.45) is 5.73 Å². The first-order valence-electron chi connectivity index (χ1n) is 12.9. The molecule has 1 atom stereocenters. The highest BCUT2D eigenvalue weighted by Crippen LogP contribution is 2.47. The number of allylic oxidation sites excluding steroid dienone is 3. The monoisotopic (exact) mass is 523 g/mol. The zero-order chi connectivity index (χ0) is 27.7. The fraction of sp³-hybridized carbons (Fsp3) is 0.250. The molecular weight excluding hydrogens is 493 g/mol. The second kappa shape index (κ2) is 10.7. The average molecular weight is 524 g/mol. The summed E-state index contributed by atoms with van der Waals surface area (Å²) in [6, 6.07) is 19.7. The molecule has 6 nitrogen and oxygen atoms in total. The fourth-order valence-corrected chi connectivity index (χ4v) is 5.53. The lowest BCUT2D eigenvalue weighted by Gasteiger charge is -2.40. The van der Waals surface area contributed by atoms with Gasteiger partial charge in [-0.25, -0.2) is 4.39 Å². The first-order valence-corrected chi connectivity index (χ1v) is 12.9. The third-order valence-electron chi connectivity index (χ3n) is 7.46. The van der Waals surface area contributed by atoms with E-state index in [0.717, 1.165) is 33.7 Å². The van der Waals surface area contributed by atoms with Gasteiger partial charge in [-0.05, 0) is 91.9 Å². The molecule has 2 aliphatic rings. The van der Waals surface area contributed by atoms with Crippen LogP contribution in [0.25, 0.3) is 0 Å². The number of nitrogens with zero attached hydrogens (tertiary/aromatic N) is 2. The van der Waals surface area contributed by atoms with Crippen molar-refractivity contribution in [3.63, 3.8) is 0 Å². The van der Waals surface area contributed by atoms with E-state index in [1.165, 1.54) is 12.1 Å². The number of aryl methyl sites for hydroxylation is 1. The van der Waals surface area contributed by atoms with Gasteiger partial charge in [-0.3, -0.25) is 9.69 Å². The molecule has 1 unspecified atom stereocenters. The number of carbonyl (C=O) groups is 1. The highest BCUT2D eigenvalue weighted by Gasteiger charge is 2.41. The molecular formula is C32H30FN3O3. The molecule has 39 heavy (non-hydrogen) atoms. The molecule has 2 N–H and O–H groups in total. The fourth-order valence-electron chi connectivity index (χ4n) is 5.53. The van der Waals surface area contributed by atoms with Crippen molar-refractivity contribution in [1.82, 2.24) is 0 Å². The molecule has 3 aromatic carbocycles. The SMILES string of the molecule is COc1ccc(OCc2cc(C)cc(C3C(C#N)=C(N)N(c4ccc(F)cc4)C4=C3C(=O)CCC4)c2C)cc1. The maximum atomic E-state index is 13.7. The van der Waals surface area contributed by atoms with E-state index in [-0.39, 0.29) is 17.4 Å². The van der Waals surface area contributed by atoms with E-state index in [9.17, 15) is 14.4 Å². The molecule has 0 saturated carbocycles. The van der Waals surface area contributed by atoms with E-state index < -0.39 is 5.92 Å². The van der Waals surface area contributed by atoms with Crippen LogP contribution in [0.4, 0.5) is 10.1 Å². The number of carbonyl (C=O) groups excluding carboxylic acids is 1. The number of methoxy groups -OCH3 is 1. The highest BCUT2D eigenvalue weighted by atomic mass is 19.1. The number of anilines is 1. The molecule has 1 heterocycles. The van der Waals surface area contributed by atoms with Crippen LogP contribution >= 0.6 is 0 Å². The Kier molecular flexibility index (Phi) is 7.12. The Morgan fingerprint density at radius 1 is 1.05 bits per heavy atom. The highest BCUT2D eigenvalue weighted by molar-refractivity contribution is 6.01. The van der Waals surface area contributed by atoms with Crippen molar-refractivity contribution in [3.8, 4) is 17.6 Å². The van der Waals surface area contributed by atoms with Crippen molar-refractivity contribution in [1.29, 1.82) is 5.26 Å². The summed E-state index contributed by atoms with van der Waals surface area (Å²) >= 11 is 0. The minimum Gasteiger partial charge on any atom is -0.497 e. The number of ether oxygens (including phenoxy) is 2. The second-order valence-corrected chi connectivity index (χ2v) is 9.90. The van der Waals surface area contributed by atoms with Crippen LogP contribution < -0.4 is 20.1 Å². The number of nitrogens with two attached hydrogens (primary N) is 1. The van der Waals surface area contributed by atoms with Crippen LogP contribution in [-0.2, 0) is 11.4 Å². The van der Waals surface area contributed by atoms with E-state index in [0.29, 0.717) is 48.5 Å². The summed E-state index contributed by atoms with van der Waals surface area (Å²) in [5, 5.41) is 10.4. The number of nitriles is 1. The summed E-state index contributed by atoms with van der Waals surface area (Å²) in [6.45, 7) is 4.30. The van der Waals surface area contributed by atoms with Gasteiger partial charge < -0.3 is 15.2 Å². The van der Waals surface area contributed by atoms with Crippen LogP contribution in [0, 0.1) is 31.0 Å². The first-order chi connectivity index (χ1) is 18.8. The van der Waals surface area contributed by atoms with Crippen LogP contribution in [0.2, 0.25) is 0 Å². The molecule has 0 saturated heterocycles. The van der Waals surface area contributed by atoms with Crippen LogP contribution in [0.1, 0.15) is 47.4 Å². The lowest BCUT2D eigenvalue weighted by atomic mass is 9.73. The Labute approximate surface area is 227 Å². The molecule has 0 spiro atoms. The zero-order valence-corrected chi connectivity index (χ0v) is 22.3. The molecule has 0 bridgehead atoms. The lowest BCUT2D eigenvalue weighted by molar-refractivity contribution is -0.116. The summed E-state index contributed by atoms with van der Waals surface area (Å²) in [5.74, 6) is 0.766.